The number of fused-ring (bicyclic) bond motifs is 1. The third-order valence-electron chi connectivity index (χ3n) is 6.82. The summed E-state index contributed by atoms with van der Waals surface area (Å²) in [5.41, 5.74) is 0.677. The van der Waals surface area contributed by atoms with E-state index in [4.69, 9.17) is 9.84 Å². The van der Waals surface area contributed by atoms with E-state index in [0.29, 0.717) is 11.5 Å². The van der Waals surface area contributed by atoms with E-state index in [2.05, 4.69) is 10.0 Å². The first-order valence-corrected chi connectivity index (χ1v) is 14.8. The number of benzene rings is 5. The zero-order valence-electron chi connectivity index (χ0n) is 22.8. The molecule has 218 valence electrons. The van der Waals surface area contributed by atoms with Crippen LogP contribution in [0.5, 0.6) is 17.2 Å². The van der Waals surface area contributed by atoms with E-state index >= 15 is 0 Å². The van der Waals surface area contributed by atoms with Gasteiger partial charge in [0, 0.05) is 30.6 Å². The van der Waals surface area contributed by atoms with Crippen LogP contribution in [-0.4, -0.2) is 37.1 Å². The summed E-state index contributed by atoms with van der Waals surface area (Å²) in [5, 5.41) is 23.7. The number of hydrogen-bond acceptors (Lipinski definition) is 6. The second-order valence-corrected chi connectivity index (χ2v) is 11.6. The van der Waals surface area contributed by atoms with Crippen LogP contribution in [0.1, 0.15) is 28.3 Å². The van der Waals surface area contributed by atoms with Crippen molar-refractivity contribution in [3.63, 3.8) is 0 Å². The predicted molar refractivity (Wildman–Crippen MR) is 163 cm³/mol. The maximum atomic E-state index is 13.2. The smallest absolute Gasteiger partial charge is 0.339 e. The molecule has 0 saturated carbocycles. The van der Waals surface area contributed by atoms with Gasteiger partial charge in [-0.1, -0.05) is 60.7 Å². The van der Waals surface area contributed by atoms with Gasteiger partial charge in [-0.3, -0.25) is 4.79 Å². The van der Waals surface area contributed by atoms with Crippen LogP contribution >= 0.6 is 0 Å². The number of carbonyl (C=O) groups is 2. The Morgan fingerprint density at radius 1 is 0.767 bits per heavy atom. The molecule has 43 heavy (non-hydrogen) atoms. The highest BCUT2D eigenvalue weighted by atomic mass is 32.2. The topological polar surface area (TPSA) is 142 Å². The summed E-state index contributed by atoms with van der Waals surface area (Å²) in [6.07, 6.45) is -0.0911. The second kappa shape index (κ2) is 12.8. The molecule has 0 heterocycles. The predicted octanol–water partition coefficient (Wildman–Crippen LogP) is 6.13. The quantitative estimate of drug-likeness (QED) is 0.144. The normalized spacial score (nSPS) is 12.0. The van der Waals surface area contributed by atoms with Gasteiger partial charge >= 0.3 is 5.97 Å². The summed E-state index contributed by atoms with van der Waals surface area (Å²) in [5.74, 6) is -1.66. The number of anilines is 1. The molecule has 10 heteroatoms. The van der Waals surface area contributed by atoms with Crippen molar-refractivity contribution in [2.75, 3.05) is 11.9 Å². The minimum Gasteiger partial charge on any atom is -0.507 e. The number of para-hydroxylation sites is 1. The number of carboxylic acids is 1. The molecule has 0 aliphatic rings. The Morgan fingerprint density at radius 3 is 2.14 bits per heavy atom. The third kappa shape index (κ3) is 7.37. The van der Waals surface area contributed by atoms with Gasteiger partial charge in [-0.05, 0) is 64.9 Å². The molecule has 0 bridgehead atoms. The second-order valence-electron chi connectivity index (χ2n) is 9.83. The first kappa shape index (κ1) is 29.3. The lowest BCUT2D eigenvalue weighted by atomic mass is 9.93. The molecule has 0 aliphatic carbocycles. The number of aromatic hydroxyl groups is 1. The number of rotatable bonds is 11. The van der Waals surface area contributed by atoms with Gasteiger partial charge in [-0.25, -0.2) is 17.9 Å². The first-order chi connectivity index (χ1) is 20.7. The highest BCUT2D eigenvalue weighted by Gasteiger charge is 2.22. The van der Waals surface area contributed by atoms with Gasteiger partial charge in [0.05, 0.1) is 4.90 Å². The van der Waals surface area contributed by atoms with Gasteiger partial charge in [0.25, 0.3) is 0 Å². The zero-order valence-corrected chi connectivity index (χ0v) is 23.6. The van der Waals surface area contributed by atoms with Crippen LogP contribution in [0.2, 0.25) is 0 Å². The summed E-state index contributed by atoms with van der Waals surface area (Å²) in [6, 6.07) is 32.3. The van der Waals surface area contributed by atoms with Crippen LogP contribution in [0.15, 0.2) is 120 Å². The lowest BCUT2D eigenvalue weighted by Gasteiger charge is -2.19. The van der Waals surface area contributed by atoms with E-state index in [1.54, 1.807) is 24.3 Å². The van der Waals surface area contributed by atoms with Crippen molar-refractivity contribution >= 4 is 38.4 Å². The maximum absolute atomic E-state index is 13.2. The molecule has 1 atom stereocenters. The highest BCUT2D eigenvalue weighted by Crippen LogP contribution is 2.27. The van der Waals surface area contributed by atoms with Crippen molar-refractivity contribution in [1.29, 1.82) is 0 Å². The fourth-order valence-electron chi connectivity index (χ4n) is 4.60. The Kier molecular flexibility index (Phi) is 8.70. The van der Waals surface area contributed by atoms with Gasteiger partial charge in [0.2, 0.25) is 15.9 Å². The molecule has 0 fully saturated rings. The lowest BCUT2D eigenvalue weighted by molar-refractivity contribution is -0.116. The Morgan fingerprint density at radius 2 is 1.44 bits per heavy atom. The molecular formula is C33H28N2O7S. The van der Waals surface area contributed by atoms with E-state index < -0.39 is 33.6 Å². The van der Waals surface area contributed by atoms with Gasteiger partial charge in [-0.15, -0.1) is 0 Å². The van der Waals surface area contributed by atoms with Crippen LogP contribution in [0.4, 0.5) is 5.69 Å². The molecule has 5 rings (SSSR count). The Bertz CT molecular complexity index is 1880. The molecule has 0 aliphatic heterocycles. The molecule has 5 aromatic carbocycles. The number of sulfonamides is 1. The Balaban J connectivity index is 1.33. The summed E-state index contributed by atoms with van der Waals surface area (Å²) < 4.78 is 34.8. The summed E-state index contributed by atoms with van der Waals surface area (Å²) >= 11 is 0. The average molecular weight is 597 g/mol. The Labute approximate surface area is 248 Å². The highest BCUT2D eigenvalue weighted by molar-refractivity contribution is 7.89. The largest absolute Gasteiger partial charge is 0.507 e. The van der Waals surface area contributed by atoms with E-state index in [1.165, 1.54) is 24.3 Å². The summed E-state index contributed by atoms with van der Waals surface area (Å²) in [6.45, 7) is -0.0699. The van der Waals surface area contributed by atoms with Crippen LogP contribution in [0.25, 0.3) is 10.8 Å². The van der Waals surface area contributed by atoms with E-state index in [1.807, 2.05) is 60.7 Å². The number of nitrogens with one attached hydrogen (secondary N) is 2. The van der Waals surface area contributed by atoms with E-state index in [-0.39, 0.29) is 29.1 Å². The van der Waals surface area contributed by atoms with Crippen LogP contribution < -0.4 is 14.8 Å². The minimum absolute atomic E-state index is 0.0450. The SMILES string of the molecule is O=C(CC(CNS(=O)(=O)c1ccc(Oc2ccccc2)cc1)c1ccc2ccccc2c1)Nc1ccc(C(=O)O)c(O)c1. The molecule has 0 spiro atoms. The van der Waals surface area contributed by atoms with Crippen molar-refractivity contribution in [3.8, 4) is 17.2 Å². The standard InChI is InChI=1S/C33H28N2O7S/c36-31-20-26(12-17-30(31)33(38)39)35-32(37)19-25(24-11-10-22-6-4-5-7-23(22)18-24)21-34-43(40,41)29-15-13-28(14-16-29)42-27-8-2-1-3-9-27/h1-18,20,25,34,36H,19,21H2,(H,35,37)(H,38,39). The number of carbonyl (C=O) groups excluding carboxylic acids is 1. The average Bonchev–Trinajstić information content (AvgIpc) is 2.99. The van der Waals surface area contributed by atoms with Crippen molar-refractivity contribution in [2.45, 2.75) is 17.2 Å². The molecule has 1 unspecified atom stereocenters. The fraction of sp³-hybridized carbons (Fsp3) is 0.0909. The number of ether oxygens (including phenoxy) is 1. The molecule has 0 aromatic heterocycles. The summed E-state index contributed by atoms with van der Waals surface area (Å²) in [4.78, 5) is 24.3. The van der Waals surface area contributed by atoms with E-state index in [9.17, 15) is 23.1 Å². The van der Waals surface area contributed by atoms with Crippen molar-refractivity contribution in [2.24, 2.45) is 0 Å². The van der Waals surface area contributed by atoms with Crippen molar-refractivity contribution in [3.05, 3.63) is 126 Å². The molecule has 5 aromatic rings. The monoisotopic (exact) mass is 596 g/mol. The lowest BCUT2D eigenvalue weighted by Crippen LogP contribution is -2.30. The number of aromatic carboxylic acids is 1. The van der Waals surface area contributed by atoms with Gasteiger partial charge in [0.1, 0.15) is 22.8 Å². The van der Waals surface area contributed by atoms with Gasteiger partial charge < -0.3 is 20.3 Å². The molecule has 4 N–H and O–H groups in total. The van der Waals surface area contributed by atoms with Gasteiger partial charge in [0.15, 0.2) is 0 Å². The fourth-order valence-corrected chi connectivity index (χ4v) is 5.68. The van der Waals surface area contributed by atoms with Crippen molar-refractivity contribution in [1.82, 2.24) is 4.72 Å². The number of phenols is 1. The molecule has 1 amide bonds. The van der Waals surface area contributed by atoms with E-state index in [0.717, 1.165) is 22.4 Å². The Hall–Kier alpha value is -5.19. The number of amides is 1. The molecule has 9 nitrogen and oxygen atoms in total. The maximum Gasteiger partial charge on any atom is 0.339 e. The third-order valence-corrected chi connectivity index (χ3v) is 8.26. The van der Waals surface area contributed by atoms with Crippen LogP contribution in [0.3, 0.4) is 0 Å². The van der Waals surface area contributed by atoms with Crippen LogP contribution in [-0.2, 0) is 14.8 Å². The van der Waals surface area contributed by atoms with Gasteiger partial charge in [-0.2, -0.15) is 0 Å². The first-order valence-electron chi connectivity index (χ1n) is 13.4. The van der Waals surface area contributed by atoms with Crippen LogP contribution in [0, 0.1) is 0 Å². The molecular weight excluding hydrogens is 568 g/mol. The number of carboxylic acid groups (broad SMARTS) is 1. The van der Waals surface area contributed by atoms with Crippen molar-refractivity contribution < 1.29 is 33.0 Å². The minimum atomic E-state index is -3.93. The molecule has 0 radical (unpaired) electrons. The molecule has 0 saturated heterocycles. The summed E-state index contributed by atoms with van der Waals surface area (Å²) in [7, 11) is -3.93. The number of hydrogen-bond donors (Lipinski definition) is 4. The zero-order chi connectivity index (χ0) is 30.4.